The lowest BCUT2D eigenvalue weighted by Gasteiger charge is -2.41. The minimum atomic E-state index is 0.220. The Hall–Kier alpha value is -3.92. The molecule has 1 heterocycles. The lowest BCUT2D eigenvalue weighted by molar-refractivity contribution is 1.13. The monoisotopic (exact) mass is 362 g/mol. The SMILES string of the molecule is N=C1C=CC(N2c3ccccc3N(c3ccccc3)c3ccccc32)=CC1=N. The van der Waals surface area contributed by atoms with Gasteiger partial charge in [-0.2, -0.15) is 0 Å². The van der Waals surface area contributed by atoms with E-state index in [1.165, 1.54) is 0 Å². The van der Waals surface area contributed by atoms with Crippen molar-refractivity contribution in [2.45, 2.75) is 0 Å². The molecule has 28 heavy (non-hydrogen) atoms. The second-order valence-electron chi connectivity index (χ2n) is 6.71. The van der Waals surface area contributed by atoms with Crippen molar-refractivity contribution in [1.29, 1.82) is 10.8 Å². The number of nitrogens with zero attached hydrogens (tertiary/aromatic N) is 2. The Bertz CT molecular complexity index is 1110. The third kappa shape index (κ3) is 2.47. The van der Waals surface area contributed by atoms with Crippen molar-refractivity contribution in [1.82, 2.24) is 0 Å². The summed E-state index contributed by atoms with van der Waals surface area (Å²) < 4.78 is 0. The molecule has 0 spiro atoms. The summed E-state index contributed by atoms with van der Waals surface area (Å²) >= 11 is 0. The zero-order valence-electron chi connectivity index (χ0n) is 15.1. The molecular formula is C24H18N4. The Morgan fingerprint density at radius 2 is 1.00 bits per heavy atom. The van der Waals surface area contributed by atoms with Gasteiger partial charge in [0.1, 0.15) is 0 Å². The van der Waals surface area contributed by atoms with Gasteiger partial charge in [-0.05, 0) is 54.6 Å². The molecule has 0 amide bonds. The second-order valence-corrected chi connectivity index (χ2v) is 6.71. The number of nitrogens with one attached hydrogen (secondary N) is 2. The Kier molecular flexibility index (Phi) is 3.69. The minimum Gasteiger partial charge on any atom is -0.306 e. The summed E-state index contributed by atoms with van der Waals surface area (Å²) in [6.07, 6.45) is 5.35. The average molecular weight is 362 g/mol. The van der Waals surface area contributed by atoms with Crippen LogP contribution in [0.2, 0.25) is 0 Å². The van der Waals surface area contributed by atoms with Crippen molar-refractivity contribution in [2.24, 2.45) is 0 Å². The van der Waals surface area contributed by atoms with Crippen molar-refractivity contribution < 1.29 is 0 Å². The molecule has 0 saturated heterocycles. The van der Waals surface area contributed by atoms with Crippen LogP contribution in [-0.2, 0) is 0 Å². The third-order valence-corrected chi connectivity index (χ3v) is 5.00. The predicted molar refractivity (Wildman–Crippen MR) is 116 cm³/mol. The molecule has 4 heteroatoms. The van der Waals surface area contributed by atoms with Crippen LogP contribution >= 0.6 is 0 Å². The molecule has 0 fully saturated rings. The quantitative estimate of drug-likeness (QED) is 0.541. The van der Waals surface area contributed by atoms with Crippen LogP contribution in [0.5, 0.6) is 0 Å². The smallest absolute Gasteiger partial charge is 0.0810 e. The first-order valence-electron chi connectivity index (χ1n) is 9.15. The van der Waals surface area contributed by atoms with Gasteiger partial charge < -0.3 is 9.80 Å². The maximum Gasteiger partial charge on any atom is 0.0810 e. The number of rotatable bonds is 2. The van der Waals surface area contributed by atoms with Gasteiger partial charge in [0, 0.05) is 11.4 Å². The highest BCUT2D eigenvalue weighted by atomic mass is 15.3. The summed E-state index contributed by atoms with van der Waals surface area (Å²) in [6, 6.07) is 26.9. The molecule has 0 radical (unpaired) electrons. The molecular weight excluding hydrogens is 344 g/mol. The number of benzene rings is 3. The van der Waals surface area contributed by atoms with Crippen molar-refractivity contribution in [3.8, 4) is 0 Å². The van der Waals surface area contributed by atoms with Gasteiger partial charge in [-0.25, -0.2) is 0 Å². The average Bonchev–Trinajstić information content (AvgIpc) is 2.74. The molecule has 0 unspecified atom stereocenters. The maximum absolute atomic E-state index is 8.10. The zero-order chi connectivity index (χ0) is 19.1. The van der Waals surface area contributed by atoms with E-state index in [0.717, 1.165) is 34.1 Å². The summed E-state index contributed by atoms with van der Waals surface area (Å²) in [5.41, 5.74) is 6.68. The molecule has 134 valence electrons. The van der Waals surface area contributed by atoms with Crippen LogP contribution < -0.4 is 9.80 Å². The Labute approximate surface area is 163 Å². The van der Waals surface area contributed by atoms with E-state index in [-0.39, 0.29) is 11.4 Å². The molecule has 1 aliphatic heterocycles. The van der Waals surface area contributed by atoms with Crippen molar-refractivity contribution in [3.05, 3.63) is 103 Å². The number of para-hydroxylation sites is 5. The van der Waals surface area contributed by atoms with Crippen LogP contribution in [0.15, 0.2) is 103 Å². The van der Waals surface area contributed by atoms with Crippen molar-refractivity contribution >= 4 is 39.9 Å². The minimum absolute atomic E-state index is 0.220. The summed E-state index contributed by atoms with van der Waals surface area (Å²) in [5, 5.41) is 15.9. The first-order chi connectivity index (χ1) is 13.7. The van der Waals surface area contributed by atoms with E-state index in [1.807, 2.05) is 48.5 Å². The summed E-state index contributed by atoms with van der Waals surface area (Å²) in [7, 11) is 0. The van der Waals surface area contributed by atoms with Crippen LogP contribution in [0, 0.1) is 10.8 Å². The number of allylic oxidation sites excluding steroid dienone is 3. The first-order valence-corrected chi connectivity index (χ1v) is 9.15. The fourth-order valence-corrected chi connectivity index (χ4v) is 3.75. The van der Waals surface area contributed by atoms with Crippen LogP contribution in [0.3, 0.4) is 0 Å². The Morgan fingerprint density at radius 3 is 1.54 bits per heavy atom. The van der Waals surface area contributed by atoms with Gasteiger partial charge >= 0.3 is 0 Å². The molecule has 0 aromatic heterocycles. The van der Waals surface area contributed by atoms with E-state index >= 15 is 0 Å². The third-order valence-electron chi connectivity index (χ3n) is 5.00. The molecule has 2 N–H and O–H groups in total. The van der Waals surface area contributed by atoms with Crippen molar-refractivity contribution in [3.63, 3.8) is 0 Å². The molecule has 4 nitrogen and oxygen atoms in total. The molecule has 1 aliphatic carbocycles. The lowest BCUT2D eigenvalue weighted by atomic mass is 10.0. The highest BCUT2D eigenvalue weighted by molar-refractivity contribution is 6.49. The molecule has 3 aromatic carbocycles. The first kappa shape index (κ1) is 16.3. The van der Waals surface area contributed by atoms with Crippen LogP contribution in [0.4, 0.5) is 28.4 Å². The molecule has 0 saturated carbocycles. The number of anilines is 5. The summed E-state index contributed by atoms with van der Waals surface area (Å²) in [4.78, 5) is 4.43. The van der Waals surface area contributed by atoms with Gasteiger partial charge in [-0.1, -0.05) is 42.5 Å². The van der Waals surface area contributed by atoms with E-state index in [4.69, 9.17) is 10.8 Å². The van der Waals surface area contributed by atoms with Crippen LogP contribution in [-0.4, -0.2) is 11.4 Å². The predicted octanol–water partition coefficient (Wildman–Crippen LogP) is 6.10. The largest absolute Gasteiger partial charge is 0.306 e. The highest BCUT2D eigenvalue weighted by Gasteiger charge is 2.30. The second kappa shape index (κ2) is 6.35. The lowest BCUT2D eigenvalue weighted by Crippen LogP contribution is -2.28. The van der Waals surface area contributed by atoms with E-state index < -0.39 is 0 Å². The summed E-state index contributed by atoms with van der Waals surface area (Å²) in [5.74, 6) is 0. The molecule has 0 bridgehead atoms. The van der Waals surface area contributed by atoms with Gasteiger partial charge in [0.05, 0.1) is 34.2 Å². The molecule has 5 rings (SSSR count). The zero-order valence-corrected chi connectivity index (χ0v) is 15.1. The standard InChI is InChI=1S/C24H18N4/c25-19-15-14-18(16-20(19)26)28-23-12-6-4-10-21(23)27(17-8-2-1-3-9-17)22-11-5-7-13-24(22)28/h1-16,25-26H. The van der Waals surface area contributed by atoms with Gasteiger partial charge in [0.15, 0.2) is 0 Å². The van der Waals surface area contributed by atoms with E-state index in [9.17, 15) is 0 Å². The summed E-state index contributed by atoms with van der Waals surface area (Å²) in [6.45, 7) is 0. The molecule has 3 aromatic rings. The molecule has 0 atom stereocenters. The fraction of sp³-hybridized carbons (Fsp3) is 0. The fourth-order valence-electron chi connectivity index (χ4n) is 3.75. The maximum atomic E-state index is 8.10. The van der Waals surface area contributed by atoms with Gasteiger partial charge in [-0.15, -0.1) is 0 Å². The van der Waals surface area contributed by atoms with E-state index in [2.05, 4.69) is 46.2 Å². The number of hydrogen-bond donors (Lipinski definition) is 2. The van der Waals surface area contributed by atoms with Gasteiger partial charge in [-0.3, -0.25) is 10.8 Å². The van der Waals surface area contributed by atoms with E-state index in [1.54, 1.807) is 12.2 Å². The van der Waals surface area contributed by atoms with Crippen LogP contribution in [0.1, 0.15) is 0 Å². The van der Waals surface area contributed by atoms with Gasteiger partial charge in [0.2, 0.25) is 0 Å². The Balaban J connectivity index is 1.76. The van der Waals surface area contributed by atoms with Gasteiger partial charge in [0.25, 0.3) is 0 Å². The van der Waals surface area contributed by atoms with E-state index in [0.29, 0.717) is 0 Å². The Morgan fingerprint density at radius 1 is 0.500 bits per heavy atom. The van der Waals surface area contributed by atoms with Crippen molar-refractivity contribution in [2.75, 3.05) is 9.80 Å². The normalized spacial score (nSPS) is 15.2. The number of fused-ring (bicyclic) bond motifs is 2. The van der Waals surface area contributed by atoms with Crippen LogP contribution in [0.25, 0.3) is 0 Å². The number of hydrogen-bond acceptors (Lipinski definition) is 4. The highest BCUT2D eigenvalue weighted by Crippen LogP contribution is 2.52. The topological polar surface area (TPSA) is 54.2 Å². The molecule has 2 aliphatic rings.